The fourth-order valence-corrected chi connectivity index (χ4v) is 1.98. The molecule has 0 fully saturated rings. The van der Waals surface area contributed by atoms with E-state index in [0.29, 0.717) is 5.95 Å². The highest BCUT2D eigenvalue weighted by Gasteiger charge is 2.08. The van der Waals surface area contributed by atoms with E-state index in [4.69, 9.17) is 5.73 Å². The Bertz CT molecular complexity index is 659. The summed E-state index contributed by atoms with van der Waals surface area (Å²) >= 11 is 0. The number of hydrogen-bond acceptors (Lipinski definition) is 4. The summed E-state index contributed by atoms with van der Waals surface area (Å²) in [4.78, 5) is 12.7. The van der Waals surface area contributed by atoms with Crippen LogP contribution in [0.2, 0.25) is 0 Å². The van der Waals surface area contributed by atoms with Gasteiger partial charge in [-0.25, -0.2) is 9.97 Å². The number of aromatic nitrogens is 4. The Morgan fingerprint density at radius 1 is 1.17 bits per heavy atom. The van der Waals surface area contributed by atoms with Crippen LogP contribution in [-0.2, 0) is 13.0 Å². The molecule has 0 aromatic carbocycles. The summed E-state index contributed by atoms with van der Waals surface area (Å²) in [7, 11) is 0. The van der Waals surface area contributed by atoms with Crippen molar-refractivity contribution in [3.05, 3.63) is 48.4 Å². The lowest BCUT2D eigenvalue weighted by Gasteiger charge is -2.05. The predicted molar refractivity (Wildman–Crippen MR) is 69.9 cm³/mol. The summed E-state index contributed by atoms with van der Waals surface area (Å²) in [6, 6.07) is 7.76. The summed E-state index contributed by atoms with van der Waals surface area (Å²) < 4.78 is 1.93. The van der Waals surface area contributed by atoms with Gasteiger partial charge in [0, 0.05) is 25.1 Å². The Kier molecular flexibility index (Phi) is 2.64. The molecule has 0 spiro atoms. The molecule has 90 valence electrons. The molecule has 0 atom stereocenters. The second-order valence-electron chi connectivity index (χ2n) is 4.08. The maximum absolute atomic E-state index is 5.91. The van der Waals surface area contributed by atoms with Crippen molar-refractivity contribution in [3.8, 4) is 0 Å². The number of pyridine rings is 2. The minimum Gasteiger partial charge on any atom is -0.369 e. The highest BCUT2D eigenvalue weighted by molar-refractivity contribution is 5.73. The molecule has 0 aliphatic heterocycles. The topological polar surface area (TPSA) is 69.6 Å². The van der Waals surface area contributed by atoms with Crippen LogP contribution in [-0.4, -0.2) is 19.5 Å². The molecule has 0 aliphatic rings. The van der Waals surface area contributed by atoms with E-state index in [1.54, 1.807) is 12.4 Å². The van der Waals surface area contributed by atoms with E-state index in [0.717, 1.165) is 24.1 Å². The van der Waals surface area contributed by atoms with E-state index in [2.05, 4.69) is 21.0 Å². The lowest BCUT2D eigenvalue weighted by atomic mass is 10.2. The monoisotopic (exact) mass is 239 g/mol. The van der Waals surface area contributed by atoms with Crippen LogP contribution in [0.4, 0.5) is 5.95 Å². The molecule has 3 heterocycles. The number of hydrogen-bond donors (Lipinski definition) is 1. The molecular weight excluding hydrogens is 226 g/mol. The van der Waals surface area contributed by atoms with Gasteiger partial charge < -0.3 is 5.73 Å². The van der Waals surface area contributed by atoms with Crippen molar-refractivity contribution in [2.45, 2.75) is 13.0 Å². The quantitative estimate of drug-likeness (QED) is 0.754. The standard InChI is InChI=1S/C13H13N5/c14-13-17-11-4-2-7-16-12(11)18(13)8-5-10-3-1-6-15-9-10/h1-4,6-7,9H,5,8H2,(H2,14,17). The first-order valence-corrected chi connectivity index (χ1v) is 5.80. The first-order chi connectivity index (χ1) is 8.84. The number of aryl methyl sites for hydroxylation is 2. The molecule has 18 heavy (non-hydrogen) atoms. The molecule has 5 nitrogen and oxygen atoms in total. The molecular formula is C13H13N5. The number of fused-ring (bicyclic) bond motifs is 1. The molecule has 3 aromatic rings. The van der Waals surface area contributed by atoms with Crippen LogP contribution in [0.5, 0.6) is 0 Å². The van der Waals surface area contributed by atoms with Gasteiger partial charge in [-0.2, -0.15) is 0 Å². The molecule has 0 aliphatic carbocycles. The minimum atomic E-state index is 0.507. The fourth-order valence-electron chi connectivity index (χ4n) is 1.98. The van der Waals surface area contributed by atoms with Gasteiger partial charge in [-0.1, -0.05) is 6.07 Å². The zero-order chi connectivity index (χ0) is 12.4. The second kappa shape index (κ2) is 4.44. The third-order valence-electron chi connectivity index (χ3n) is 2.88. The van der Waals surface area contributed by atoms with Gasteiger partial charge in [0.25, 0.3) is 0 Å². The van der Waals surface area contributed by atoms with Crippen molar-refractivity contribution in [1.82, 2.24) is 19.5 Å². The third kappa shape index (κ3) is 1.90. The highest BCUT2D eigenvalue weighted by atomic mass is 15.2. The average Bonchev–Trinajstić information content (AvgIpc) is 2.73. The average molecular weight is 239 g/mol. The second-order valence-corrected chi connectivity index (χ2v) is 4.08. The number of nitrogens with two attached hydrogens (primary N) is 1. The summed E-state index contributed by atoms with van der Waals surface area (Å²) in [6.07, 6.45) is 6.25. The fraction of sp³-hybridized carbons (Fsp3) is 0.154. The minimum absolute atomic E-state index is 0.507. The molecule has 0 saturated carbocycles. The number of anilines is 1. The first kappa shape index (κ1) is 10.7. The van der Waals surface area contributed by atoms with Crippen LogP contribution >= 0.6 is 0 Å². The predicted octanol–water partition coefficient (Wildman–Crippen LogP) is 1.65. The maximum Gasteiger partial charge on any atom is 0.202 e. The van der Waals surface area contributed by atoms with Crippen LogP contribution in [0.3, 0.4) is 0 Å². The van der Waals surface area contributed by atoms with E-state index in [1.807, 2.05) is 29.0 Å². The SMILES string of the molecule is Nc1nc2cccnc2n1CCc1cccnc1. The number of nitrogens with zero attached hydrogens (tertiary/aromatic N) is 4. The van der Waals surface area contributed by atoms with E-state index in [9.17, 15) is 0 Å². The number of rotatable bonds is 3. The largest absolute Gasteiger partial charge is 0.369 e. The van der Waals surface area contributed by atoms with Crippen LogP contribution in [0.1, 0.15) is 5.56 Å². The Hall–Kier alpha value is -2.43. The molecule has 0 amide bonds. The molecule has 0 saturated heterocycles. The Morgan fingerprint density at radius 3 is 2.89 bits per heavy atom. The van der Waals surface area contributed by atoms with E-state index < -0.39 is 0 Å². The Balaban J connectivity index is 1.89. The van der Waals surface area contributed by atoms with Crippen LogP contribution < -0.4 is 5.73 Å². The van der Waals surface area contributed by atoms with Crippen LogP contribution in [0.15, 0.2) is 42.9 Å². The normalized spacial score (nSPS) is 10.9. The molecule has 3 rings (SSSR count). The number of nitrogen functional groups attached to an aromatic ring is 1. The molecule has 5 heteroatoms. The summed E-state index contributed by atoms with van der Waals surface area (Å²) in [5.74, 6) is 0.507. The molecule has 0 unspecified atom stereocenters. The van der Waals surface area contributed by atoms with Gasteiger partial charge >= 0.3 is 0 Å². The lowest BCUT2D eigenvalue weighted by Crippen LogP contribution is -2.06. The van der Waals surface area contributed by atoms with Crippen molar-refractivity contribution < 1.29 is 0 Å². The zero-order valence-corrected chi connectivity index (χ0v) is 9.82. The number of imidazole rings is 1. The first-order valence-electron chi connectivity index (χ1n) is 5.80. The van der Waals surface area contributed by atoms with Gasteiger partial charge in [0.05, 0.1) is 0 Å². The summed E-state index contributed by atoms with van der Waals surface area (Å²) in [6.45, 7) is 0.755. The van der Waals surface area contributed by atoms with Gasteiger partial charge in [-0.3, -0.25) is 9.55 Å². The molecule has 0 radical (unpaired) electrons. The van der Waals surface area contributed by atoms with Gasteiger partial charge in [0.1, 0.15) is 5.52 Å². The zero-order valence-electron chi connectivity index (χ0n) is 9.82. The molecule has 0 bridgehead atoms. The highest BCUT2D eigenvalue weighted by Crippen LogP contribution is 2.15. The van der Waals surface area contributed by atoms with Gasteiger partial charge in [0.2, 0.25) is 5.95 Å². The van der Waals surface area contributed by atoms with Gasteiger partial charge in [0.15, 0.2) is 5.65 Å². The van der Waals surface area contributed by atoms with E-state index >= 15 is 0 Å². The van der Waals surface area contributed by atoms with E-state index in [-0.39, 0.29) is 0 Å². The van der Waals surface area contributed by atoms with Gasteiger partial charge in [-0.05, 0) is 30.2 Å². The van der Waals surface area contributed by atoms with Crippen LogP contribution in [0.25, 0.3) is 11.2 Å². The van der Waals surface area contributed by atoms with Crippen molar-refractivity contribution in [1.29, 1.82) is 0 Å². The molecule has 2 N–H and O–H groups in total. The third-order valence-corrected chi connectivity index (χ3v) is 2.88. The maximum atomic E-state index is 5.91. The van der Waals surface area contributed by atoms with Crippen molar-refractivity contribution in [2.24, 2.45) is 0 Å². The summed E-state index contributed by atoms with van der Waals surface area (Å²) in [5, 5.41) is 0. The van der Waals surface area contributed by atoms with Gasteiger partial charge in [-0.15, -0.1) is 0 Å². The molecule has 3 aromatic heterocycles. The van der Waals surface area contributed by atoms with Crippen LogP contribution in [0, 0.1) is 0 Å². The summed E-state index contributed by atoms with van der Waals surface area (Å²) in [5.41, 5.74) is 8.76. The Labute approximate surface area is 104 Å². The lowest BCUT2D eigenvalue weighted by molar-refractivity contribution is 0.718. The van der Waals surface area contributed by atoms with Crippen molar-refractivity contribution in [3.63, 3.8) is 0 Å². The Morgan fingerprint density at radius 2 is 2.06 bits per heavy atom. The van der Waals surface area contributed by atoms with E-state index in [1.165, 1.54) is 5.56 Å². The van der Waals surface area contributed by atoms with Crippen molar-refractivity contribution in [2.75, 3.05) is 5.73 Å². The smallest absolute Gasteiger partial charge is 0.202 e. The van der Waals surface area contributed by atoms with Crippen molar-refractivity contribution >= 4 is 17.1 Å².